The number of hydrogen-bond acceptors (Lipinski definition) is 3. The summed E-state index contributed by atoms with van der Waals surface area (Å²) in [6.07, 6.45) is 0. The first-order valence-corrected chi connectivity index (χ1v) is 6.74. The van der Waals surface area contributed by atoms with Crippen LogP contribution in [0.2, 0.25) is 0 Å². The molecule has 17 heavy (non-hydrogen) atoms. The number of aryl methyl sites for hydroxylation is 1. The summed E-state index contributed by atoms with van der Waals surface area (Å²) in [5, 5.41) is 10.0. The summed E-state index contributed by atoms with van der Waals surface area (Å²) in [5.74, 6) is 0.437. The quantitative estimate of drug-likeness (QED) is 0.907. The Balaban J connectivity index is 2.08. The lowest BCUT2D eigenvalue weighted by Gasteiger charge is -2.32. The largest absolute Gasteiger partial charge is 0.507 e. The molecule has 1 N–H and O–H groups in total. The molecule has 94 valence electrons. The topological polar surface area (TPSA) is 26.7 Å². The highest BCUT2D eigenvalue weighted by Crippen LogP contribution is 2.27. The van der Waals surface area contributed by atoms with Crippen molar-refractivity contribution in [2.45, 2.75) is 13.5 Å². The fraction of sp³-hybridized carbons (Fsp3) is 0.538. The number of hydrogen-bond donors (Lipinski definition) is 1. The van der Waals surface area contributed by atoms with Gasteiger partial charge in [0.05, 0.1) is 0 Å². The predicted molar refractivity (Wildman–Crippen MR) is 73.3 cm³/mol. The zero-order valence-electron chi connectivity index (χ0n) is 10.4. The van der Waals surface area contributed by atoms with Crippen LogP contribution in [0, 0.1) is 6.92 Å². The van der Waals surface area contributed by atoms with E-state index in [1.807, 2.05) is 19.1 Å². The van der Waals surface area contributed by atoms with Crippen LogP contribution < -0.4 is 0 Å². The molecule has 0 atom stereocenters. The second kappa shape index (κ2) is 5.38. The molecular formula is C13H19BrN2O. The number of piperazine rings is 1. The van der Waals surface area contributed by atoms with E-state index in [9.17, 15) is 5.11 Å². The number of phenols is 1. The molecule has 1 aromatic rings. The zero-order valence-corrected chi connectivity index (χ0v) is 12.0. The second-order valence-corrected chi connectivity index (χ2v) is 5.73. The molecule has 2 rings (SSSR count). The summed E-state index contributed by atoms with van der Waals surface area (Å²) in [4.78, 5) is 4.73. The number of nitrogens with zero attached hydrogens (tertiary/aromatic N) is 2. The Morgan fingerprint density at radius 1 is 1.24 bits per heavy atom. The van der Waals surface area contributed by atoms with E-state index in [1.165, 1.54) is 0 Å². The summed E-state index contributed by atoms with van der Waals surface area (Å²) >= 11 is 3.48. The third-order valence-electron chi connectivity index (χ3n) is 3.33. The molecule has 0 radical (unpaired) electrons. The van der Waals surface area contributed by atoms with E-state index in [-0.39, 0.29) is 0 Å². The molecule has 0 aliphatic carbocycles. The van der Waals surface area contributed by atoms with Crippen molar-refractivity contribution >= 4 is 15.9 Å². The summed E-state index contributed by atoms with van der Waals surface area (Å²) in [6, 6.07) is 3.96. The molecule has 1 saturated heterocycles. The lowest BCUT2D eigenvalue weighted by atomic mass is 10.1. The van der Waals surface area contributed by atoms with Crippen molar-refractivity contribution in [3.8, 4) is 5.75 Å². The average molecular weight is 299 g/mol. The molecule has 0 bridgehead atoms. The first-order chi connectivity index (χ1) is 8.06. The van der Waals surface area contributed by atoms with Crippen molar-refractivity contribution < 1.29 is 5.11 Å². The zero-order chi connectivity index (χ0) is 12.4. The minimum absolute atomic E-state index is 0.437. The smallest absolute Gasteiger partial charge is 0.123 e. The normalized spacial score (nSPS) is 18.5. The van der Waals surface area contributed by atoms with Gasteiger partial charge in [-0.15, -0.1) is 0 Å². The summed E-state index contributed by atoms with van der Waals surface area (Å²) in [7, 11) is 2.15. The van der Waals surface area contributed by atoms with Gasteiger partial charge in [-0.1, -0.05) is 15.9 Å². The number of aromatic hydroxyl groups is 1. The van der Waals surface area contributed by atoms with Gasteiger partial charge in [-0.25, -0.2) is 0 Å². The Kier molecular flexibility index (Phi) is 4.07. The first kappa shape index (κ1) is 12.9. The highest BCUT2D eigenvalue weighted by Gasteiger charge is 2.16. The monoisotopic (exact) mass is 298 g/mol. The molecule has 1 aliphatic rings. The molecule has 0 saturated carbocycles. The predicted octanol–water partition coefficient (Wildman–Crippen LogP) is 2.21. The van der Waals surface area contributed by atoms with Gasteiger partial charge in [0.25, 0.3) is 0 Å². The minimum Gasteiger partial charge on any atom is -0.507 e. The highest BCUT2D eigenvalue weighted by atomic mass is 79.9. The fourth-order valence-corrected chi connectivity index (χ4v) is 2.79. The maximum Gasteiger partial charge on any atom is 0.123 e. The Labute approximate surface area is 111 Å². The van der Waals surface area contributed by atoms with Crippen LogP contribution in [0.25, 0.3) is 0 Å². The van der Waals surface area contributed by atoms with E-state index in [0.717, 1.165) is 48.3 Å². The Morgan fingerprint density at radius 2 is 1.88 bits per heavy atom. The van der Waals surface area contributed by atoms with Crippen LogP contribution in [-0.2, 0) is 6.54 Å². The van der Waals surface area contributed by atoms with Gasteiger partial charge in [-0.2, -0.15) is 0 Å². The Hall–Kier alpha value is -0.580. The maximum atomic E-state index is 10.0. The molecule has 1 aliphatic heterocycles. The van der Waals surface area contributed by atoms with E-state index in [2.05, 4.69) is 32.8 Å². The third kappa shape index (κ3) is 3.21. The molecule has 1 heterocycles. The summed E-state index contributed by atoms with van der Waals surface area (Å²) < 4.78 is 1.04. The molecule has 0 spiro atoms. The Bertz CT molecular complexity index is 401. The van der Waals surface area contributed by atoms with E-state index in [0.29, 0.717) is 5.75 Å². The molecule has 0 unspecified atom stereocenters. The molecule has 3 nitrogen and oxygen atoms in total. The summed E-state index contributed by atoms with van der Waals surface area (Å²) in [6.45, 7) is 7.12. The lowest BCUT2D eigenvalue weighted by molar-refractivity contribution is 0.147. The fourth-order valence-electron chi connectivity index (χ4n) is 2.17. The number of rotatable bonds is 2. The average Bonchev–Trinajstić information content (AvgIpc) is 2.28. The van der Waals surface area contributed by atoms with Crippen molar-refractivity contribution in [2.75, 3.05) is 33.2 Å². The lowest BCUT2D eigenvalue weighted by Crippen LogP contribution is -2.43. The highest BCUT2D eigenvalue weighted by molar-refractivity contribution is 9.10. The van der Waals surface area contributed by atoms with Crippen molar-refractivity contribution in [1.82, 2.24) is 9.80 Å². The maximum absolute atomic E-state index is 10.0. The Morgan fingerprint density at radius 3 is 2.53 bits per heavy atom. The van der Waals surface area contributed by atoms with Crippen LogP contribution in [-0.4, -0.2) is 48.1 Å². The van der Waals surface area contributed by atoms with Crippen LogP contribution in [0.3, 0.4) is 0 Å². The number of likely N-dealkylation sites (N-methyl/N-ethyl adjacent to an activating group) is 1. The standard InChI is InChI=1S/C13H19BrN2O/c1-10-7-12(14)8-11(13(10)17)9-16-5-3-15(2)4-6-16/h7-8,17H,3-6,9H2,1-2H3. The van der Waals surface area contributed by atoms with E-state index in [4.69, 9.17) is 0 Å². The first-order valence-electron chi connectivity index (χ1n) is 5.95. The van der Waals surface area contributed by atoms with Gasteiger partial charge in [0.1, 0.15) is 5.75 Å². The molecule has 0 aromatic heterocycles. The number of phenolic OH excluding ortho intramolecular Hbond substituents is 1. The van der Waals surface area contributed by atoms with Crippen molar-refractivity contribution in [3.05, 3.63) is 27.7 Å². The summed E-state index contributed by atoms with van der Waals surface area (Å²) in [5.41, 5.74) is 1.95. The van der Waals surface area contributed by atoms with Gasteiger partial charge in [-0.05, 0) is 31.7 Å². The SMILES string of the molecule is Cc1cc(Br)cc(CN2CCN(C)CC2)c1O. The van der Waals surface area contributed by atoms with Gasteiger partial charge < -0.3 is 10.0 Å². The molecule has 1 aromatic carbocycles. The van der Waals surface area contributed by atoms with Gasteiger partial charge in [0, 0.05) is 42.8 Å². The van der Waals surface area contributed by atoms with Gasteiger partial charge >= 0.3 is 0 Å². The minimum atomic E-state index is 0.437. The van der Waals surface area contributed by atoms with Gasteiger partial charge in [0.2, 0.25) is 0 Å². The van der Waals surface area contributed by atoms with Crippen LogP contribution in [0.5, 0.6) is 5.75 Å². The second-order valence-electron chi connectivity index (χ2n) is 4.81. The van der Waals surface area contributed by atoms with E-state index in [1.54, 1.807) is 0 Å². The number of halogens is 1. The third-order valence-corrected chi connectivity index (χ3v) is 3.79. The molecule has 4 heteroatoms. The molecular weight excluding hydrogens is 280 g/mol. The van der Waals surface area contributed by atoms with Gasteiger partial charge in [0.15, 0.2) is 0 Å². The van der Waals surface area contributed by atoms with Crippen LogP contribution in [0.4, 0.5) is 0 Å². The van der Waals surface area contributed by atoms with Crippen LogP contribution in [0.1, 0.15) is 11.1 Å². The molecule has 1 fully saturated rings. The van der Waals surface area contributed by atoms with Gasteiger partial charge in [-0.3, -0.25) is 4.90 Å². The molecule has 0 amide bonds. The van der Waals surface area contributed by atoms with E-state index < -0.39 is 0 Å². The number of benzene rings is 1. The van der Waals surface area contributed by atoms with Crippen LogP contribution >= 0.6 is 15.9 Å². The van der Waals surface area contributed by atoms with Crippen molar-refractivity contribution in [2.24, 2.45) is 0 Å². The van der Waals surface area contributed by atoms with E-state index >= 15 is 0 Å². The van der Waals surface area contributed by atoms with Crippen molar-refractivity contribution in [1.29, 1.82) is 0 Å². The van der Waals surface area contributed by atoms with Crippen molar-refractivity contribution in [3.63, 3.8) is 0 Å². The van der Waals surface area contributed by atoms with Crippen LogP contribution in [0.15, 0.2) is 16.6 Å².